The summed E-state index contributed by atoms with van der Waals surface area (Å²) in [4.78, 5) is 51.3. The number of allylic oxidation sites excluding steroid dienone is 2. The van der Waals surface area contributed by atoms with E-state index in [1.54, 1.807) is 7.11 Å². The highest BCUT2D eigenvalue weighted by molar-refractivity contribution is 5.78. The number of methoxy groups -OCH3 is 5. The second kappa shape index (κ2) is 20.7. The van der Waals surface area contributed by atoms with Gasteiger partial charge in [0.25, 0.3) is 0 Å². The van der Waals surface area contributed by atoms with Gasteiger partial charge in [0.05, 0.1) is 25.7 Å². The van der Waals surface area contributed by atoms with Crippen LogP contribution in [0.3, 0.4) is 0 Å². The third kappa shape index (κ3) is 9.40. The second-order valence-electron chi connectivity index (χ2n) is 21.5. The molecular weight excluding hydrogens is 845 g/mol. The maximum absolute atomic E-state index is 13.8. The van der Waals surface area contributed by atoms with Crippen molar-refractivity contribution in [3.05, 3.63) is 11.6 Å². The lowest BCUT2D eigenvalue weighted by Crippen LogP contribution is -2.67. The first-order valence-electron chi connectivity index (χ1n) is 23.5. The molecule has 6 aliphatic rings. The number of carbonyl (C=O) groups is 4. The normalized spacial score (nSPS) is 40.4. The predicted molar refractivity (Wildman–Crippen MR) is 234 cm³/mol. The van der Waals surface area contributed by atoms with Gasteiger partial charge in [-0.25, -0.2) is 4.79 Å². The number of esters is 2. The number of aldehydes is 2. The molecule has 1 saturated heterocycles. The predicted octanol–water partition coefficient (Wildman–Crippen LogP) is 6.34. The Hall–Kier alpha value is -2.38. The van der Waals surface area contributed by atoms with Gasteiger partial charge in [0, 0.05) is 21.3 Å². The Morgan fingerprint density at radius 1 is 0.769 bits per heavy atom. The van der Waals surface area contributed by atoms with E-state index in [0.29, 0.717) is 24.9 Å². The van der Waals surface area contributed by atoms with Gasteiger partial charge in [0.15, 0.2) is 31.1 Å². The first-order chi connectivity index (χ1) is 30.8. The SMILES string of the molecule is COCO[C@H]1[C@H](O[C@H]2CC[C@@]3(C)C(CC[C@]4(C)[C@@H]3CC=C3[C@@H]5CC(C)(C)CC[C@]5(C(=O)OC)CC[C@]34C)C2(C)C)O[C@H](C(=O)OC)[C@@H](OCOC)[C@@H]1O[C@H](OCC=O)[C@@H](C=O)OCOC. The molecule has 0 spiro atoms. The van der Waals surface area contributed by atoms with Crippen LogP contribution in [0.15, 0.2) is 11.6 Å². The standard InChI is InChI=1S/C49H78O16/c1-44(2)19-21-49(43(53)58-12)22-20-47(6)30(31(49)25-44)13-14-34-46(5)17-16-35(45(3,4)33(46)15-18-48(34,47)7)63-42-39(62-29-56-10)37(36(61-28-55-9)38(65-42)40(52)57-11)64-41(59-24-23-50)32(26-51)60-27-54-8/h13,23,26,31-39,41-42H,14-22,24-25,27-29H2,1-12H3/t31-,32+,33?,34+,35-,36-,37-,38-,39+,41-,42+,46-,47+,48+,49-/m0/s1. The number of fused-ring (bicyclic) bond motifs is 7. The van der Waals surface area contributed by atoms with Crippen molar-refractivity contribution in [1.82, 2.24) is 0 Å². The van der Waals surface area contributed by atoms with Gasteiger partial charge in [-0.05, 0) is 109 Å². The van der Waals surface area contributed by atoms with Crippen LogP contribution in [0.5, 0.6) is 0 Å². The number of hydrogen-bond acceptors (Lipinski definition) is 16. The van der Waals surface area contributed by atoms with E-state index in [4.69, 9.17) is 56.8 Å². The maximum Gasteiger partial charge on any atom is 0.337 e. The Kier molecular flexibility index (Phi) is 16.6. The van der Waals surface area contributed by atoms with Crippen LogP contribution in [0, 0.1) is 50.2 Å². The average Bonchev–Trinajstić information content (AvgIpc) is 3.27. The largest absolute Gasteiger partial charge is 0.469 e. The highest BCUT2D eigenvalue weighted by Gasteiger charge is 2.70. The molecule has 0 aromatic heterocycles. The summed E-state index contributed by atoms with van der Waals surface area (Å²) in [5.41, 5.74) is 0.675. The summed E-state index contributed by atoms with van der Waals surface area (Å²) in [5, 5.41) is 0. The molecule has 1 heterocycles. The van der Waals surface area contributed by atoms with E-state index >= 15 is 0 Å². The minimum Gasteiger partial charge on any atom is -0.469 e. The summed E-state index contributed by atoms with van der Waals surface area (Å²) in [6, 6.07) is 0. The molecular formula is C49H78O16. The molecule has 4 saturated carbocycles. The third-order valence-electron chi connectivity index (χ3n) is 17.6. The quantitative estimate of drug-likeness (QED) is 0.0434. The second-order valence-corrected chi connectivity index (χ2v) is 21.5. The Morgan fingerprint density at radius 2 is 1.45 bits per heavy atom. The Bertz CT molecular complexity index is 1700. The zero-order valence-electron chi connectivity index (χ0n) is 41.0. The molecule has 370 valence electrons. The van der Waals surface area contributed by atoms with Crippen LogP contribution in [0.2, 0.25) is 0 Å². The van der Waals surface area contributed by atoms with Gasteiger partial charge in [0.1, 0.15) is 51.6 Å². The highest BCUT2D eigenvalue weighted by atomic mass is 16.8. The first kappa shape index (κ1) is 52.0. The van der Waals surface area contributed by atoms with Crippen molar-refractivity contribution < 1.29 is 76.0 Å². The molecule has 0 radical (unpaired) electrons. The number of ether oxygens (including phenoxy) is 12. The Balaban J connectivity index is 1.32. The van der Waals surface area contributed by atoms with Crippen molar-refractivity contribution >= 4 is 24.5 Å². The molecule has 16 nitrogen and oxygen atoms in total. The van der Waals surface area contributed by atoms with Gasteiger partial charge in [0.2, 0.25) is 0 Å². The minimum atomic E-state index is -1.49. The first-order valence-corrected chi connectivity index (χ1v) is 23.5. The Morgan fingerprint density at radius 3 is 2.08 bits per heavy atom. The number of rotatable bonds is 20. The fourth-order valence-corrected chi connectivity index (χ4v) is 14.1. The van der Waals surface area contributed by atoms with Crippen molar-refractivity contribution in [1.29, 1.82) is 0 Å². The van der Waals surface area contributed by atoms with Gasteiger partial charge >= 0.3 is 11.9 Å². The van der Waals surface area contributed by atoms with Crippen LogP contribution in [0.1, 0.15) is 113 Å². The van der Waals surface area contributed by atoms with E-state index in [1.165, 1.54) is 34.0 Å². The van der Waals surface area contributed by atoms with Gasteiger partial charge in [-0.1, -0.05) is 60.1 Å². The zero-order chi connectivity index (χ0) is 47.6. The van der Waals surface area contributed by atoms with Crippen LogP contribution in [-0.2, 0) is 76.0 Å². The zero-order valence-corrected chi connectivity index (χ0v) is 41.0. The summed E-state index contributed by atoms with van der Waals surface area (Å²) in [6.45, 7) is 15.6. The van der Waals surface area contributed by atoms with E-state index < -0.39 is 61.1 Å². The summed E-state index contributed by atoms with van der Waals surface area (Å²) in [6.07, 6.45) is 3.29. The number of carbonyl (C=O) groups excluding carboxylic acids is 4. The van der Waals surface area contributed by atoms with Crippen LogP contribution >= 0.6 is 0 Å². The molecule has 0 N–H and O–H groups in total. The summed E-state index contributed by atoms with van der Waals surface area (Å²) >= 11 is 0. The van der Waals surface area contributed by atoms with E-state index in [9.17, 15) is 19.2 Å². The molecule has 0 bridgehead atoms. The molecule has 1 unspecified atom stereocenters. The summed E-state index contributed by atoms with van der Waals surface area (Å²) in [5.74, 6) is 0.00716. The van der Waals surface area contributed by atoms with Crippen molar-refractivity contribution in [2.45, 2.75) is 162 Å². The van der Waals surface area contributed by atoms with Gasteiger partial charge in [-0.3, -0.25) is 4.79 Å². The van der Waals surface area contributed by atoms with E-state index in [1.807, 2.05) is 0 Å². The van der Waals surface area contributed by atoms with E-state index in [0.717, 1.165) is 57.8 Å². The lowest BCUT2D eigenvalue weighted by atomic mass is 9.33. The van der Waals surface area contributed by atoms with Gasteiger partial charge in [-0.2, -0.15) is 0 Å². The molecule has 15 atom stereocenters. The third-order valence-corrected chi connectivity index (χ3v) is 17.6. The lowest BCUT2D eigenvalue weighted by molar-refractivity contribution is -0.365. The molecule has 5 aliphatic carbocycles. The molecule has 5 fully saturated rings. The molecule has 16 heteroatoms. The van der Waals surface area contributed by atoms with Crippen LogP contribution in [-0.4, -0.2) is 136 Å². The van der Waals surface area contributed by atoms with Crippen molar-refractivity contribution in [3.8, 4) is 0 Å². The highest BCUT2D eigenvalue weighted by Crippen LogP contribution is 2.76. The van der Waals surface area contributed by atoms with Crippen molar-refractivity contribution in [2.75, 3.05) is 62.5 Å². The van der Waals surface area contributed by atoms with Crippen LogP contribution in [0.4, 0.5) is 0 Å². The minimum absolute atomic E-state index is 0.00582. The average molecular weight is 923 g/mol. The fraction of sp³-hybridized carbons (Fsp3) is 0.878. The lowest BCUT2D eigenvalue weighted by Gasteiger charge is -2.71. The number of hydrogen-bond donors (Lipinski definition) is 0. The molecule has 6 rings (SSSR count). The van der Waals surface area contributed by atoms with Crippen molar-refractivity contribution in [3.63, 3.8) is 0 Å². The molecule has 0 aromatic carbocycles. The van der Waals surface area contributed by atoms with Crippen LogP contribution in [0.25, 0.3) is 0 Å². The Labute approximate surface area is 386 Å². The smallest absolute Gasteiger partial charge is 0.337 e. The topological polar surface area (TPSA) is 179 Å². The molecule has 0 aromatic rings. The van der Waals surface area contributed by atoms with Crippen LogP contribution < -0.4 is 0 Å². The molecule has 65 heavy (non-hydrogen) atoms. The summed E-state index contributed by atoms with van der Waals surface area (Å²) in [7, 11) is 7.07. The monoisotopic (exact) mass is 923 g/mol. The summed E-state index contributed by atoms with van der Waals surface area (Å²) < 4.78 is 70.3. The van der Waals surface area contributed by atoms with E-state index in [2.05, 4.69) is 54.5 Å². The molecule has 0 amide bonds. The van der Waals surface area contributed by atoms with E-state index in [-0.39, 0.29) is 71.4 Å². The van der Waals surface area contributed by atoms with Crippen molar-refractivity contribution in [2.24, 2.45) is 50.2 Å². The van der Waals surface area contributed by atoms with Gasteiger partial charge in [-0.15, -0.1) is 0 Å². The molecule has 1 aliphatic heterocycles. The van der Waals surface area contributed by atoms with Gasteiger partial charge < -0.3 is 66.4 Å². The maximum atomic E-state index is 13.8. The fourth-order valence-electron chi connectivity index (χ4n) is 14.1.